The predicted octanol–water partition coefficient (Wildman–Crippen LogP) is -5.39. The van der Waals surface area contributed by atoms with Crippen LogP contribution in [-0.2, 0) is 84.8 Å². The molecule has 0 aliphatic heterocycles. The van der Waals surface area contributed by atoms with Crippen LogP contribution >= 0.6 is 0 Å². The highest BCUT2D eigenvalue weighted by Gasteiger charge is 2.38. The van der Waals surface area contributed by atoms with E-state index in [2.05, 4.69) is 79.1 Å². The first-order valence-electron chi connectivity index (χ1n) is 38.6. The van der Waals surface area contributed by atoms with E-state index in [1.165, 1.54) is 72.7 Å². The van der Waals surface area contributed by atoms with Crippen LogP contribution in [0.25, 0.3) is 0 Å². The molecule has 0 fully saturated rings. The number of carboxylic acid groups (broad SMARTS) is 1. The van der Waals surface area contributed by atoms with Crippen molar-refractivity contribution >= 4 is 100 Å². The number of phenols is 1. The van der Waals surface area contributed by atoms with Crippen LogP contribution in [0.1, 0.15) is 158 Å². The van der Waals surface area contributed by atoms with E-state index in [9.17, 15) is 82.1 Å². The first-order valence-corrected chi connectivity index (χ1v) is 38.6. The van der Waals surface area contributed by atoms with Gasteiger partial charge in [0.05, 0.1) is 12.1 Å². The highest BCUT2D eigenvalue weighted by atomic mass is 16.4. The zero-order valence-corrected chi connectivity index (χ0v) is 67.6. The Labute approximate surface area is 670 Å². The van der Waals surface area contributed by atoms with Gasteiger partial charge in [0.15, 0.2) is 17.7 Å². The number of carbonyl (C=O) groups is 15. The van der Waals surface area contributed by atoms with Gasteiger partial charge in [0.2, 0.25) is 76.8 Å². The van der Waals surface area contributed by atoms with Gasteiger partial charge < -0.3 is 125 Å². The second-order valence-corrected chi connectivity index (χ2v) is 29.4. The number of carbonyl (C=O) groups excluding carboxylic acids is 14. The molecule has 0 saturated heterocycles. The largest absolute Gasteiger partial charge is 0.508 e. The first-order chi connectivity index (χ1) is 54.0. The fourth-order valence-electron chi connectivity index (χ4n) is 11.5. The van der Waals surface area contributed by atoms with E-state index in [0.29, 0.717) is 30.4 Å². The van der Waals surface area contributed by atoms with E-state index in [-0.39, 0.29) is 120 Å². The highest BCUT2D eigenvalue weighted by molar-refractivity contribution is 6.01. The van der Waals surface area contributed by atoms with E-state index in [1.807, 2.05) is 0 Å². The minimum absolute atomic E-state index is 0.00338. The molecule has 2 aromatic rings. The number of aromatic hydroxyl groups is 1. The van der Waals surface area contributed by atoms with Crippen LogP contribution in [0, 0.1) is 17.8 Å². The standard InChI is InChI=1S/C75H125N23O17/c1-38(2)34-54(95-63(104)44(9)87-61(102)42(7)89-69(110)56(36-47-20-13-12-14-21-47)96-64(105)45(10)90-72(113)58(79)50(22-17-31-77)59(100)40(5)78)68(109)88-41(6)60(101)86-43(8)62(103)92-52(24-18-32-84-74(80)81)67(108)97-55(35-39(3)4)70(111)98-57(37-48-26-28-49(99)29-27-48)71(112)94-53(25-19-33-85-75(82)83)66(107)93-51(23-15-16-30-76)65(106)91-46(11)73(114)115/h12-14,20-21,26-29,38-46,50-58,99H,15-19,22-25,30-37,76-79H2,1-11H3,(H,86,101)(H,87,102)(H,88,109)(H,89,110)(H,90,113)(H,91,106)(H,92,103)(H,93,107)(H,94,112)(H,95,104)(H,96,105)(H,97,108)(H,98,111)(H,114,115)(H4,80,81,84)(H4,82,83,85)/t40-,41-,42-,43-,44-,45-,46-,50?,51-,52-,53-,54-,55-,56-,57-,58-/m0/s1. The molecule has 13 amide bonds. The molecule has 16 atom stereocenters. The molecule has 0 radical (unpaired) electrons. The average Bonchev–Trinajstić information content (AvgIpc) is 0.853. The average molecular weight is 1620 g/mol. The number of ketones is 1. The molecule has 115 heavy (non-hydrogen) atoms. The van der Waals surface area contributed by atoms with Crippen molar-refractivity contribution in [2.24, 2.45) is 73.6 Å². The smallest absolute Gasteiger partial charge is 0.325 e. The number of phenolic OH excluding ortho intramolecular Hbond substituents is 1. The molecule has 0 bridgehead atoms. The zero-order valence-electron chi connectivity index (χ0n) is 67.6. The molecule has 642 valence electrons. The van der Waals surface area contributed by atoms with E-state index in [0.717, 1.165) is 0 Å². The summed E-state index contributed by atoms with van der Waals surface area (Å²) in [7, 11) is 0. The van der Waals surface area contributed by atoms with Crippen molar-refractivity contribution in [2.45, 2.75) is 250 Å². The Morgan fingerprint density at radius 3 is 1.05 bits per heavy atom. The van der Waals surface area contributed by atoms with Crippen LogP contribution in [0.4, 0.5) is 0 Å². The number of aliphatic carboxylic acids is 1. The van der Waals surface area contributed by atoms with Gasteiger partial charge >= 0.3 is 5.97 Å². The molecular formula is C75H125N23O17. The van der Waals surface area contributed by atoms with Crippen LogP contribution < -0.4 is 115 Å². The molecule has 40 nitrogen and oxygen atoms in total. The van der Waals surface area contributed by atoms with Gasteiger partial charge in [0, 0.05) is 31.8 Å². The molecule has 0 aromatic heterocycles. The van der Waals surface area contributed by atoms with Crippen molar-refractivity contribution in [3.8, 4) is 5.75 Å². The Morgan fingerprint density at radius 1 is 0.348 bits per heavy atom. The third kappa shape index (κ3) is 38.0. The van der Waals surface area contributed by atoms with Crippen LogP contribution in [0.15, 0.2) is 64.6 Å². The third-order valence-corrected chi connectivity index (χ3v) is 18.1. The number of amides is 13. The van der Waals surface area contributed by atoms with Gasteiger partial charge in [-0.15, -0.1) is 0 Å². The topological polar surface area (TPSA) is 686 Å². The summed E-state index contributed by atoms with van der Waals surface area (Å²) in [5.74, 6) is -15.2. The Hall–Kier alpha value is -11.1. The van der Waals surface area contributed by atoms with Crippen molar-refractivity contribution < 1.29 is 82.1 Å². The summed E-state index contributed by atoms with van der Waals surface area (Å²) in [5, 5.41) is 53.0. The Kier molecular flexibility index (Phi) is 44.8. The summed E-state index contributed by atoms with van der Waals surface area (Å²) < 4.78 is 0. The minimum Gasteiger partial charge on any atom is -0.508 e. The Bertz CT molecular complexity index is 3620. The number of benzene rings is 2. The number of hydrogen-bond donors (Lipinski definition) is 23. The van der Waals surface area contributed by atoms with Gasteiger partial charge in [0.1, 0.15) is 84.3 Å². The van der Waals surface area contributed by atoms with Gasteiger partial charge in [-0.2, -0.15) is 0 Å². The molecule has 2 aromatic carbocycles. The van der Waals surface area contributed by atoms with E-state index >= 15 is 0 Å². The van der Waals surface area contributed by atoms with Crippen molar-refractivity contribution in [2.75, 3.05) is 26.2 Å². The van der Waals surface area contributed by atoms with Gasteiger partial charge in [-0.05, 0) is 167 Å². The number of guanidine groups is 2. The zero-order chi connectivity index (χ0) is 86.9. The van der Waals surface area contributed by atoms with Crippen LogP contribution in [0.2, 0.25) is 0 Å². The Morgan fingerprint density at radius 2 is 0.652 bits per heavy atom. The molecule has 0 aliphatic carbocycles. The van der Waals surface area contributed by atoms with E-state index in [1.54, 1.807) is 58.0 Å². The summed E-state index contributed by atoms with van der Waals surface area (Å²) in [6, 6.07) is -5.94. The number of unbranched alkanes of at least 4 members (excludes halogenated alkanes) is 1. The lowest BCUT2D eigenvalue weighted by molar-refractivity contribution is -0.142. The predicted molar refractivity (Wildman–Crippen MR) is 429 cm³/mol. The number of carboxylic acids is 1. The summed E-state index contributed by atoms with van der Waals surface area (Å²) in [4.78, 5) is 214. The number of nitrogens with one attached hydrogen (secondary N) is 13. The van der Waals surface area contributed by atoms with Crippen LogP contribution in [0.5, 0.6) is 5.75 Å². The third-order valence-electron chi connectivity index (χ3n) is 18.1. The maximum absolute atomic E-state index is 14.7. The monoisotopic (exact) mass is 1620 g/mol. The fraction of sp³-hybridized carbons (Fsp3) is 0.613. The normalized spacial score (nSPS) is 15.3. The number of aliphatic imine (C=N–C) groups is 2. The lowest BCUT2D eigenvalue weighted by atomic mass is 9.87. The van der Waals surface area contributed by atoms with Crippen LogP contribution in [0.3, 0.4) is 0 Å². The number of hydrogen-bond acceptors (Lipinski definition) is 22. The molecule has 0 aliphatic rings. The summed E-state index contributed by atoms with van der Waals surface area (Å²) in [6.07, 6.45) is 0.902. The second kappa shape index (κ2) is 51.6. The molecule has 1 unspecified atom stereocenters. The molecule has 31 N–H and O–H groups in total. The van der Waals surface area contributed by atoms with E-state index < -0.39 is 185 Å². The SMILES string of the molecule is CC(C)C[C@H](NC(=O)[C@H](C)NC(=O)[C@H](C)NC(=O)[C@H](Cc1ccccc1)NC(=O)[C@H](C)NC(=O)[C@@H](N)C(CCCN)C(=O)[C@H](C)N)C(=O)N[C@@H](C)C(=O)N[C@@H](C)C(=O)N[C@@H](CCCN=C(N)N)C(=O)N[C@@H](CC(C)C)C(=O)N[C@@H](Cc1ccc(O)cc1)C(=O)N[C@@H](CCCN=C(N)N)C(=O)N[C@@H](CCCCN)C(=O)N[C@@H](C)C(=O)O. The van der Waals surface area contributed by atoms with Crippen molar-refractivity contribution in [1.82, 2.24) is 69.1 Å². The van der Waals surface area contributed by atoms with Gasteiger partial charge in [-0.25, -0.2) is 0 Å². The molecular weight excluding hydrogens is 1490 g/mol. The number of rotatable bonds is 53. The maximum Gasteiger partial charge on any atom is 0.325 e. The summed E-state index contributed by atoms with van der Waals surface area (Å²) >= 11 is 0. The van der Waals surface area contributed by atoms with Gasteiger partial charge in [-0.3, -0.25) is 81.9 Å². The maximum atomic E-state index is 14.7. The molecule has 0 heterocycles. The lowest BCUT2D eigenvalue weighted by Crippen LogP contribution is -2.60. The fourth-order valence-corrected chi connectivity index (χ4v) is 11.5. The number of nitrogens with two attached hydrogens (primary N) is 8. The first kappa shape index (κ1) is 99.9. The second-order valence-electron chi connectivity index (χ2n) is 29.4. The highest BCUT2D eigenvalue weighted by Crippen LogP contribution is 2.17. The Balaban J connectivity index is 2.36. The summed E-state index contributed by atoms with van der Waals surface area (Å²) in [6.45, 7) is 16.7. The molecule has 0 saturated carbocycles. The number of nitrogens with zero attached hydrogens (tertiary/aromatic N) is 2. The van der Waals surface area contributed by atoms with Gasteiger partial charge in [0.25, 0.3) is 0 Å². The van der Waals surface area contributed by atoms with Crippen LogP contribution in [-0.4, -0.2) is 227 Å². The van der Waals surface area contributed by atoms with Crippen molar-refractivity contribution in [3.05, 3.63) is 65.7 Å². The summed E-state index contributed by atoms with van der Waals surface area (Å²) in [5.41, 5.74) is 46.6. The van der Waals surface area contributed by atoms with E-state index in [4.69, 9.17) is 45.9 Å². The van der Waals surface area contributed by atoms with Gasteiger partial charge in [-0.1, -0.05) is 70.2 Å². The van der Waals surface area contributed by atoms with Crippen molar-refractivity contribution in [3.63, 3.8) is 0 Å². The molecule has 0 spiro atoms. The minimum atomic E-state index is -1.52. The lowest BCUT2D eigenvalue weighted by Gasteiger charge is -2.28. The molecule has 40 heteroatoms. The van der Waals surface area contributed by atoms with Crippen molar-refractivity contribution in [1.29, 1.82) is 0 Å². The number of Topliss-reactive ketones (excluding diaryl/α,β-unsaturated/α-hetero) is 1. The quantitative estimate of drug-likeness (QED) is 0.0167. The molecule has 2 rings (SSSR count).